The van der Waals surface area contributed by atoms with Gasteiger partial charge in [0.25, 0.3) is 0 Å². The summed E-state index contributed by atoms with van der Waals surface area (Å²) in [6.07, 6.45) is 4.05. The molecule has 0 aromatic carbocycles. The van der Waals surface area contributed by atoms with Crippen molar-refractivity contribution >= 4 is 11.8 Å². The lowest BCUT2D eigenvalue weighted by molar-refractivity contribution is -0.145. The first-order valence-electron chi connectivity index (χ1n) is 6.67. The van der Waals surface area contributed by atoms with Gasteiger partial charge < -0.3 is 10.2 Å². The number of carbonyl (C=O) groups is 2. The predicted octanol–water partition coefficient (Wildman–Crippen LogP) is 0.0897. The first-order chi connectivity index (χ1) is 9.13. The fourth-order valence-electron chi connectivity index (χ4n) is 2.42. The summed E-state index contributed by atoms with van der Waals surface area (Å²) in [6, 6.07) is 1.61. The Balaban J connectivity index is 2.04. The normalized spacial score (nSPS) is 19.7. The molecule has 0 radical (unpaired) electrons. The maximum Gasteiger partial charge on any atom is 0.243 e. The second-order valence-corrected chi connectivity index (χ2v) is 4.81. The minimum Gasteiger partial charge on any atom is -0.345 e. The molecule has 6 nitrogen and oxygen atoms in total. The van der Waals surface area contributed by atoms with Gasteiger partial charge in [0.1, 0.15) is 6.04 Å². The molecule has 2 rings (SSSR count). The Kier molecular flexibility index (Phi) is 4.19. The van der Waals surface area contributed by atoms with Gasteiger partial charge in [-0.1, -0.05) is 13.3 Å². The van der Waals surface area contributed by atoms with Gasteiger partial charge in [-0.25, -0.2) is 0 Å². The summed E-state index contributed by atoms with van der Waals surface area (Å²) in [5.41, 5.74) is 1.06. The molecule has 0 saturated carbocycles. The third kappa shape index (κ3) is 2.94. The molecule has 1 fully saturated rings. The van der Waals surface area contributed by atoms with Crippen molar-refractivity contribution in [3.8, 4) is 0 Å². The predicted molar refractivity (Wildman–Crippen MR) is 70.3 cm³/mol. The number of carbonyl (C=O) groups excluding carboxylic acids is 2. The third-order valence-electron chi connectivity index (χ3n) is 3.51. The van der Waals surface area contributed by atoms with Gasteiger partial charge in [0.15, 0.2) is 0 Å². The van der Waals surface area contributed by atoms with E-state index in [2.05, 4.69) is 10.4 Å². The Morgan fingerprint density at radius 1 is 1.47 bits per heavy atom. The van der Waals surface area contributed by atoms with E-state index < -0.39 is 0 Å². The summed E-state index contributed by atoms with van der Waals surface area (Å²) < 4.78 is 1.79. The van der Waals surface area contributed by atoms with Gasteiger partial charge in [-0.05, 0) is 12.5 Å². The molecule has 1 N–H and O–H groups in total. The lowest BCUT2D eigenvalue weighted by atomic mass is 10.1. The molecule has 0 bridgehead atoms. The molecular formula is C13H20N4O2. The molecule has 1 aromatic rings. The summed E-state index contributed by atoms with van der Waals surface area (Å²) in [6.45, 7) is 2.70. The number of aryl methyl sites for hydroxylation is 1. The number of hydrogen-bond acceptors (Lipinski definition) is 3. The highest BCUT2D eigenvalue weighted by atomic mass is 16.2. The summed E-state index contributed by atoms with van der Waals surface area (Å²) >= 11 is 0. The van der Waals surface area contributed by atoms with Crippen molar-refractivity contribution in [2.45, 2.75) is 32.2 Å². The molecule has 1 aliphatic rings. The van der Waals surface area contributed by atoms with Crippen LogP contribution >= 0.6 is 0 Å². The zero-order valence-electron chi connectivity index (χ0n) is 11.4. The first kappa shape index (κ1) is 13.6. The van der Waals surface area contributed by atoms with Crippen LogP contribution in [0.4, 0.5) is 0 Å². The van der Waals surface area contributed by atoms with Crippen LogP contribution in [0.2, 0.25) is 0 Å². The molecule has 1 unspecified atom stereocenters. The van der Waals surface area contributed by atoms with Crippen LogP contribution < -0.4 is 5.32 Å². The molecular weight excluding hydrogens is 244 g/mol. The van der Waals surface area contributed by atoms with Crippen LogP contribution in [0.5, 0.6) is 0 Å². The average Bonchev–Trinajstić information content (AvgIpc) is 2.79. The molecule has 1 saturated heterocycles. The Labute approximate surface area is 112 Å². The number of amides is 2. The lowest BCUT2D eigenvalue weighted by Gasteiger charge is -2.34. The summed E-state index contributed by atoms with van der Waals surface area (Å²) in [5.74, 6) is -0.0355. The number of piperazine rings is 1. The van der Waals surface area contributed by atoms with Crippen LogP contribution in [-0.2, 0) is 23.1 Å². The molecule has 1 aliphatic heterocycles. The van der Waals surface area contributed by atoms with Crippen molar-refractivity contribution in [1.82, 2.24) is 20.0 Å². The number of rotatable bonds is 5. The van der Waals surface area contributed by atoms with Gasteiger partial charge in [-0.3, -0.25) is 14.3 Å². The van der Waals surface area contributed by atoms with Crippen molar-refractivity contribution in [3.05, 3.63) is 18.0 Å². The highest BCUT2D eigenvalue weighted by Crippen LogP contribution is 2.13. The molecule has 6 heteroatoms. The highest BCUT2D eigenvalue weighted by Gasteiger charge is 2.33. The van der Waals surface area contributed by atoms with E-state index in [1.165, 1.54) is 0 Å². The van der Waals surface area contributed by atoms with Crippen molar-refractivity contribution in [3.63, 3.8) is 0 Å². The van der Waals surface area contributed by atoms with Crippen molar-refractivity contribution < 1.29 is 9.59 Å². The molecule has 0 spiro atoms. The van der Waals surface area contributed by atoms with Crippen LogP contribution in [0, 0.1) is 0 Å². The van der Waals surface area contributed by atoms with Crippen LogP contribution in [0.25, 0.3) is 0 Å². The minimum absolute atomic E-state index is 0.000202. The van der Waals surface area contributed by atoms with Crippen LogP contribution in [0.1, 0.15) is 25.5 Å². The van der Waals surface area contributed by atoms with Crippen molar-refractivity contribution in [2.75, 3.05) is 13.1 Å². The van der Waals surface area contributed by atoms with E-state index in [4.69, 9.17) is 0 Å². The molecule has 2 amide bonds. The fourth-order valence-corrected chi connectivity index (χ4v) is 2.42. The van der Waals surface area contributed by atoms with Gasteiger partial charge in [0.05, 0.1) is 6.54 Å². The van der Waals surface area contributed by atoms with Crippen LogP contribution in [-0.4, -0.2) is 45.6 Å². The number of aromatic nitrogens is 2. The lowest BCUT2D eigenvalue weighted by Crippen LogP contribution is -2.58. The SMILES string of the molecule is CCCC1C(=O)NCC(=O)N1CCc1ccnn1C. The fraction of sp³-hybridized carbons (Fsp3) is 0.615. The van der Waals surface area contributed by atoms with Crippen molar-refractivity contribution in [1.29, 1.82) is 0 Å². The molecule has 19 heavy (non-hydrogen) atoms. The Morgan fingerprint density at radius 3 is 2.89 bits per heavy atom. The molecule has 1 aromatic heterocycles. The Hall–Kier alpha value is -1.85. The smallest absolute Gasteiger partial charge is 0.243 e. The standard InChI is InChI=1S/C13H20N4O2/c1-3-4-11-13(19)14-9-12(18)17(11)8-6-10-5-7-15-16(10)2/h5,7,11H,3-4,6,8-9H2,1-2H3,(H,14,19). The maximum atomic E-state index is 12.0. The van der Waals surface area contributed by atoms with Gasteiger partial charge in [0, 0.05) is 31.9 Å². The molecule has 0 aliphatic carbocycles. The van der Waals surface area contributed by atoms with E-state index in [9.17, 15) is 9.59 Å². The molecule has 2 heterocycles. The summed E-state index contributed by atoms with van der Waals surface area (Å²) in [7, 11) is 1.88. The van der Waals surface area contributed by atoms with E-state index in [0.717, 1.165) is 18.5 Å². The maximum absolute atomic E-state index is 12.0. The molecule has 104 valence electrons. The Bertz CT molecular complexity index is 469. The van der Waals surface area contributed by atoms with E-state index in [0.29, 0.717) is 13.0 Å². The average molecular weight is 264 g/mol. The second kappa shape index (κ2) is 5.86. The number of nitrogens with zero attached hydrogens (tertiary/aromatic N) is 3. The first-order valence-corrected chi connectivity index (χ1v) is 6.67. The van der Waals surface area contributed by atoms with Gasteiger partial charge >= 0.3 is 0 Å². The van der Waals surface area contributed by atoms with Gasteiger partial charge in [-0.2, -0.15) is 5.10 Å². The van der Waals surface area contributed by atoms with E-state index in [-0.39, 0.29) is 24.4 Å². The van der Waals surface area contributed by atoms with E-state index in [1.807, 2.05) is 20.0 Å². The van der Waals surface area contributed by atoms with Crippen LogP contribution in [0.15, 0.2) is 12.3 Å². The van der Waals surface area contributed by atoms with E-state index >= 15 is 0 Å². The summed E-state index contributed by atoms with van der Waals surface area (Å²) in [4.78, 5) is 25.5. The van der Waals surface area contributed by atoms with Crippen LogP contribution in [0.3, 0.4) is 0 Å². The highest BCUT2D eigenvalue weighted by molar-refractivity contribution is 5.94. The van der Waals surface area contributed by atoms with Gasteiger partial charge in [0.2, 0.25) is 11.8 Å². The van der Waals surface area contributed by atoms with Crippen molar-refractivity contribution in [2.24, 2.45) is 7.05 Å². The summed E-state index contributed by atoms with van der Waals surface area (Å²) in [5, 5.41) is 6.76. The number of nitrogens with one attached hydrogen (secondary N) is 1. The van der Waals surface area contributed by atoms with E-state index in [1.54, 1.807) is 15.8 Å². The Morgan fingerprint density at radius 2 is 2.26 bits per heavy atom. The zero-order chi connectivity index (χ0) is 13.8. The zero-order valence-corrected chi connectivity index (χ0v) is 11.4. The quantitative estimate of drug-likeness (QED) is 0.819. The monoisotopic (exact) mass is 264 g/mol. The number of hydrogen-bond donors (Lipinski definition) is 1. The largest absolute Gasteiger partial charge is 0.345 e. The minimum atomic E-state index is -0.320. The second-order valence-electron chi connectivity index (χ2n) is 4.81. The molecule has 1 atom stereocenters. The topological polar surface area (TPSA) is 67.2 Å². The van der Waals surface area contributed by atoms with Gasteiger partial charge in [-0.15, -0.1) is 0 Å². The third-order valence-corrected chi connectivity index (χ3v) is 3.51.